The molecule has 0 bridgehead atoms. The number of rotatable bonds is 11. The first kappa shape index (κ1) is 32.0. The molecule has 0 amide bonds. The SMILES string of the molecule is C=C(C)C(=O)Oc1ccc(/C=C/c2cc(OC=C(F)F)c(-c3ccc(OC(=O)C(=C)C)cc3)cc2OC(=O)C(=C)C)cc1. The molecule has 3 aromatic rings. The minimum absolute atomic E-state index is 0.0244. The molecule has 7 nitrogen and oxygen atoms in total. The fourth-order valence-corrected chi connectivity index (χ4v) is 3.34. The van der Waals surface area contributed by atoms with Crippen molar-refractivity contribution in [2.75, 3.05) is 0 Å². The first-order chi connectivity index (χ1) is 20.3. The van der Waals surface area contributed by atoms with Crippen LogP contribution in [0, 0.1) is 0 Å². The van der Waals surface area contributed by atoms with Crippen molar-refractivity contribution < 1.29 is 42.1 Å². The summed E-state index contributed by atoms with van der Waals surface area (Å²) < 4.78 is 47.3. The molecule has 0 N–H and O–H groups in total. The Morgan fingerprint density at radius 3 is 1.63 bits per heavy atom. The second-order valence-electron chi connectivity index (χ2n) is 9.35. The molecule has 0 saturated heterocycles. The lowest BCUT2D eigenvalue weighted by Crippen LogP contribution is -2.09. The van der Waals surface area contributed by atoms with Gasteiger partial charge in [-0.15, -0.1) is 0 Å². The van der Waals surface area contributed by atoms with E-state index in [1.54, 1.807) is 48.6 Å². The maximum Gasteiger partial charge on any atom is 0.338 e. The van der Waals surface area contributed by atoms with Crippen molar-refractivity contribution in [1.29, 1.82) is 0 Å². The summed E-state index contributed by atoms with van der Waals surface area (Å²) in [5, 5.41) is 0. The second-order valence-corrected chi connectivity index (χ2v) is 9.35. The molecule has 9 heteroatoms. The molecule has 0 aliphatic carbocycles. The summed E-state index contributed by atoms with van der Waals surface area (Å²) in [6.45, 7) is 15.2. The lowest BCUT2D eigenvalue weighted by atomic mass is 10.0. The summed E-state index contributed by atoms with van der Waals surface area (Å²) in [6.07, 6.45) is 1.51. The van der Waals surface area contributed by atoms with Crippen LogP contribution in [-0.2, 0) is 14.4 Å². The third-order valence-corrected chi connectivity index (χ3v) is 5.56. The lowest BCUT2D eigenvalue weighted by molar-refractivity contribution is -0.130. The predicted octanol–water partition coefficient (Wildman–Crippen LogP) is 8.09. The molecule has 0 aliphatic rings. The highest BCUT2D eigenvalue weighted by atomic mass is 19.3. The van der Waals surface area contributed by atoms with E-state index in [1.807, 2.05) is 0 Å². The number of carbonyl (C=O) groups is 3. The van der Waals surface area contributed by atoms with Gasteiger partial charge in [-0.3, -0.25) is 0 Å². The molecule has 3 aromatic carbocycles. The molecule has 3 rings (SSSR count). The van der Waals surface area contributed by atoms with Crippen LogP contribution in [-0.4, -0.2) is 17.9 Å². The van der Waals surface area contributed by atoms with Gasteiger partial charge in [-0.1, -0.05) is 56.2 Å². The number of ether oxygens (including phenoxy) is 4. The third-order valence-electron chi connectivity index (χ3n) is 5.56. The van der Waals surface area contributed by atoms with E-state index < -0.39 is 24.0 Å². The Balaban J connectivity index is 2.05. The van der Waals surface area contributed by atoms with Gasteiger partial charge in [0, 0.05) is 27.8 Å². The van der Waals surface area contributed by atoms with Crippen molar-refractivity contribution in [2.24, 2.45) is 0 Å². The highest BCUT2D eigenvalue weighted by Crippen LogP contribution is 2.38. The van der Waals surface area contributed by atoms with Gasteiger partial charge < -0.3 is 18.9 Å². The van der Waals surface area contributed by atoms with Gasteiger partial charge >= 0.3 is 24.0 Å². The van der Waals surface area contributed by atoms with Crippen LogP contribution in [0.1, 0.15) is 31.9 Å². The number of hydrogen-bond donors (Lipinski definition) is 0. The molecule has 0 unspecified atom stereocenters. The van der Waals surface area contributed by atoms with E-state index in [2.05, 4.69) is 19.7 Å². The number of benzene rings is 3. The van der Waals surface area contributed by atoms with Gasteiger partial charge in [-0.2, -0.15) is 8.78 Å². The molecule has 0 aliphatic heterocycles. The Bertz CT molecular complexity index is 1640. The molecule has 0 radical (unpaired) electrons. The average molecular weight is 587 g/mol. The fraction of sp³-hybridized carbons (Fsp3) is 0.0882. The first-order valence-corrected chi connectivity index (χ1v) is 12.7. The normalized spacial score (nSPS) is 10.4. The maximum absolute atomic E-state index is 13.0. The van der Waals surface area contributed by atoms with Crippen LogP contribution in [0.4, 0.5) is 8.78 Å². The molecule has 0 heterocycles. The molecular weight excluding hydrogens is 558 g/mol. The number of carbonyl (C=O) groups excluding carboxylic acids is 3. The molecule has 0 atom stereocenters. The van der Waals surface area contributed by atoms with E-state index in [9.17, 15) is 23.2 Å². The minimum atomic E-state index is -2.06. The predicted molar refractivity (Wildman–Crippen MR) is 160 cm³/mol. The van der Waals surface area contributed by atoms with E-state index >= 15 is 0 Å². The van der Waals surface area contributed by atoms with Crippen LogP contribution >= 0.6 is 0 Å². The Morgan fingerprint density at radius 1 is 0.651 bits per heavy atom. The van der Waals surface area contributed by atoms with E-state index in [0.717, 1.165) is 0 Å². The van der Waals surface area contributed by atoms with Gasteiger partial charge in [-0.25, -0.2) is 14.4 Å². The Kier molecular flexibility index (Phi) is 10.7. The summed E-state index contributed by atoms with van der Waals surface area (Å²) in [5.74, 6) is -1.18. The van der Waals surface area contributed by atoms with E-state index in [4.69, 9.17) is 18.9 Å². The van der Waals surface area contributed by atoms with Crippen LogP contribution in [0.2, 0.25) is 0 Å². The van der Waals surface area contributed by atoms with Crippen LogP contribution in [0.25, 0.3) is 23.3 Å². The van der Waals surface area contributed by atoms with Crippen molar-refractivity contribution in [2.45, 2.75) is 20.8 Å². The topological polar surface area (TPSA) is 88.1 Å². The Hall–Kier alpha value is -5.57. The van der Waals surface area contributed by atoms with Crippen molar-refractivity contribution >= 4 is 30.1 Å². The molecule has 43 heavy (non-hydrogen) atoms. The molecule has 0 saturated carbocycles. The molecular formula is C34H28F2O7. The van der Waals surface area contributed by atoms with Crippen molar-refractivity contribution in [3.63, 3.8) is 0 Å². The minimum Gasteiger partial charge on any atom is -0.459 e. The molecule has 0 aromatic heterocycles. The maximum atomic E-state index is 13.0. The first-order valence-electron chi connectivity index (χ1n) is 12.7. The van der Waals surface area contributed by atoms with Crippen LogP contribution in [0.5, 0.6) is 23.0 Å². The number of hydrogen-bond acceptors (Lipinski definition) is 7. The Morgan fingerprint density at radius 2 is 1.14 bits per heavy atom. The van der Waals surface area contributed by atoms with Gasteiger partial charge in [0.25, 0.3) is 0 Å². The number of esters is 3. The summed E-state index contributed by atoms with van der Waals surface area (Å²) in [7, 11) is 0. The van der Waals surface area contributed by atoms with E-state index in [1.165, 1.54) is 45.0 Å². The van der Waals surface area contributed by atoms with Crippen molar-refractivity contribution in [3.8, 4) is 34.1 Å². The van der Waals surface area contributed by atoms with E-state index in [0.29, 0.717) is 34.3 Å². The fourth-order valence-electron chi connectivity index (χ4n) is 3.34. The zero-order valence-electron chi connectivity index (χ0n) is 23.7. The highest BCUT2D eigenvalue weighted by molar-refractivity contribution is 5.91. The molecule has 0 spiro atoms. The third kappa shape index (κ3) is 9.22. The smallest absolute Gasteiger partial charge is 0.338 e. The van der Waals surface area contributed by atoms with Crippen molar-refractivity contribution in [1.82, 2.24) is 0 Å². The number of halogens is 2. The van der Waals surface area contributed by atoms with Gasteiger partial charge in [0.2, 0.25) is 0 Å². The van der Waals surface area contributed by atoms with Gasteiger partial charge in [0.1, 0.15) is 23.0 Å². The zero-order valence-corrected chi connectivity index (χ0v) is 23.7. The summed E-state index contributed by atoms with van der Waals surface area (Å²) in [6, 6.07) is 15.6. The average Bonchev–Trinajstić information content (AvgIpc) is 2.96. The summed E-state index contributed by atoms with van der Waals surface area (Å²) in [5.41, 5.74) is 2.42. The molecule has 220 valence electrons. The summed E-state index contributed by atoms with van der Waals surface area (Å²) >= 11 is 0. The Labute approximate surface area is 247 Å². The van der Waals surface area contributed by atoms with Gasteiger partial charge in [0.05, 0.1) is 0 Å². The van der Waals surface area contributed by atoms with Gasteiger partial charge in [-0.05, 0) is 68.3 Å². The quantitative estimate of drug-likeness (QED) is 0.0738. The van der Waals surface area contributed by atoms with Crippen LogP contribution in [0.3, 0.4) is 0 Å². The monoisotopic (exact) mass is 586 g/mol. The molecule has 0 fully saturated rings. The van der Waals surface area contributed by atoms with Crippen LogP contribution < -0.4 is 18.9 Å². The van der Waals surface area contributed by atoms with E-state index in [-0.39, 0.29) is 34.0 Å². The van der Waals surface area contributed by atoms with Crippen molar-refractivity contribution in [3.05, 3.63) is 121 Å². The lowest BCUT2D eigenvalue weighted by Gasteiger charge is -2.15. The van der Waals surface area contributed by atoms with Gasteiger partial charge in [0.15, 0.2) is 6.26 Å². The summed E-state index contributed by atoms with van der Waals surface area (Å²) in [4.78, 5) is 36.1. The van der Waals surface area contributed by atoms with Crippen LogP contribution in [0.15, 0.2) is 109 Å². The second kappa shape index (κ2) is 14.4. The highest BCUT2D eigenvalue weighted by Gasteiger charge is 2.17. The standard InChI is InChI=1S/C34H28F2O7/c1-20(2)32(37)41-26-13-8-23(9-14-26)7-10-25-17-30(40-19-31(35)36)28(18-29(25)43-34(39)22(5)6)24-11-15-27(16-12-24)42-33(38)21(3)4/h7-19H,1,3,5H2,2,4,6H3/b10-7+. The zero-order chi connectivity index (χ0) is 31.7. The largest absolute Gasteiger partial charge is 0.459 e.